The summed E-state index contributed by atoms with van der Waals surface area (Å²) >= 11 is 0. The summed E-state index contributed by atoms with van der Waals surface area (Å²) in [6.07, 6.45) is -0.732. The highest BCUT2D eigenvalue weighted by Crippen LogP contribution is 2.25. The first-order valence-corrected chi connectivity index (χ1v) is 8.09. The van der Waals surface area contributed by atoms with Crippen molar-refractivity contribution >= 4 is 5.91 Å². The molecule has 0 saturated carbocycles. The number of rotatable bonds is 6. The van der Waals surface area contributed by atoms with Gasteiger partial charge in [-0.1, -0.05) is 60.7 Å². The highest BCUT2D eigenvalue weighted by atomic mass is 16.5. The number of carbonyl (C=O) groups excluding carboxylic acids is 1. The van der Waals surface area contributed by atoms with Gasteiger partial charge in [-0.05, 0) is 31.9 Å². The van der Waals surface area contributed by atoms with Gasteiger partial charge in [0.05, 0.1) is 18.2 Å². The minimum atomic E-state index is -0.732. The van der Waals surface area contributed by atoms with Gasteiger partial charge in [-0.15, -0.1) is 0 Å². The predicted molar refractivity (Wildman–Crippen MR) is 94.4 cm³/mol. The normalized spacial score (nSPS) is 14.0. The molecule has 24 heavy (non-hydrogen) atoms. The van der Waals surface area contributed by atoms with Gasteiger partial charge in [-0.2, -0.15) is 0 Å². The third-order valence-corrected chi connectivity index (χ3v) is 3.51. The van der Waals surface area contributed by atoms with Crippen LogP contribution in [0.4, 0.5) is 0 Å². The minimum Gasteiger partial charge on any atom is -0.394 e. The van der Waals surface area contributed by atoms with E-state index in [0.29, 0.717) is 0 Å². The molecule has 2 N–H and O–H groups in total. The number of hydrogen-bond donors (Lipinski definition) is 2. The number of ether oxygens (including phenoxy) is 1. The Morgan fingerprint density at radius 1 is 1.00 bits per heavy atom. The lowest BCUT2D eigenvalue weighted by molar-refractivity contribution is -0.144. The van der Waals surface area contributed by atoms with Gasteiger partial charge in [0.1, 0.15) is 0 Å². The van der Waals surface area contributed by atoms with Crippen LogP contribution in [0.1, 0.15) is 44.0 Å². The summed E-state index contributed by atoms with van der Waals surface area (Å²) in [4.78, 5) is 12.8. The fourth-order valence-electron chi connectivity index (χ4n) is 2.42. The lowest BCUT2D eigenvalue weighted by atomic mass is 10.0. The van der Waals surface area contributed by atoms with Crippen molar-refractivity contribution in [2.24, 2.45) is 0 Å². The molecule has 0 aliphatic rings. The van der Waals surface area contributed by atoms with Crippen LogP contribution in [0, 0.1) is 0 Å². The number of benzene rings is 2. The molecule has 2 atom stereocenters. The van der Waals surface area contributed by atoms with Gasteiger partial charge in [0.15, 0.2) is 6.10 Å². The maximum absolute atomic E-state index is 12.8. The number of hydrogen-bond acceptors (Lipinski definition) is 3. The van der Waals surface area contributed by atoms with E-state index in [4.69, 9.17) is 4.74 Å². The van der Waals surface area contributed by atoms with Gasteiger partial charge in [0.2, 0.25) is 0 Å². The molecule has 0 radical (unpaired) electrons. The zero-order chi connectivity index (χ0) is 17.6. The smallest absolute Gasteiger partial charge is 0.254 e. The summed E-state index contributed by atoms with van der Waals surface area (Å²) in [5.41, 5.74) is 1.17. The minimum absolute atomic E-state index is 0.174. The summed E-state index contributed by atoms with van der Waals surface area (Å²) in [7, 11) is 0. The first kappa shape index (κ1) is 18.2. The predicted octanol–water partition coefficient (Wildman–Crippen LogP) is 3.39. The molecule has 0 heterocycles. The van der Waals surface area contributed by atoms with Crippen molar-refractivity contribution in [2.75, 3.05) is 6.61 Å². The second-order valence-corrected chi connectivity index (χ2v) is 6.68. The first-order chi connectivity index (χ1) is 11.4. The van der Waals surface area contributed by atoms with Crippen molar-refractivity contribution in [3.05, 3.63) is 71.8 Å². The van der Waals surface area contributed by atoms with Gasteiger partial charge in [-0.3, -0.25) is 4.79 Å². The fraction of sp³-hybridized carbons (Fsp3) is 0.350. The first-order valence-electron chi connectivity index (χ1n) is 8.09. The molecule has 2 rings (SSSR count). The molecule has 0 aromatic heterocycles. The third kappa shape index (κ3) is 5.18. The van der Waals surface area contributed by atoms with Gasteiger partial charge in [-0.25, -0.2) is 0 Å². The van der Waals surface area contributed by atoms with E-state index in [-0.39, 0.29) is 12.5 Å². The summed E-state index contributed by atoms with van der Waals surface area (Å²) in [5, 5.41) is 12.5. The second-order valence-electron chi connectivity index (χ2n) is 6.68. The second kappa shape index (κ2) is 8.08. The van der Waals surface area contributed by atoms with Crippen molar-refractivity contribution in [1.29, 1.82) is 0 Å². The maximum atomic E-state index is 12.8. The Balaban J connectivity index is 2.21. The average Bonchev–Trinajstić information content (AvgIpc) is 2.58. The third-order valence-electron chi connectivity index (χ3n) is 3.51. The summed E-state index contributed by atoms with van der Waals surface area (Å²) in [6.45, 7) is 5.57. The molecule has 0 aliphatic heterocycles. The largest absolute Gasteiger partial charge is 0.394 e. The quantitative estimate of drug-likeness (QED) is 0.855. The van der Waals surface area contributed by atoms with Crippen LogP contribution in [0.2, 0.25) is 0 Å². The van der Waals surface area contributed by atoms with E-state index in [1.165, 1.54) is 0 Å². The van der Waals surface area contributed by atoms with Crippen LogP contribution in [0.25, 0.3) is 0 Å². The summed E-state index contributed by atoms with van der Waals surface area (Å²) in [6, 6.07) is 18.3. The Hall–Kier alpha value is -2.17. The van der Waals surface area contributed by atoms with Crippen molar-refractivity contribution < 1.29 is 14.6 Å². The molecule has 1 unspecified atom stereocenters. The van der Waals surface area contributed by atoms with Crippen LogP contribution >= 0.6 is 0 Å². The van der Waals surface area contributed by atoms with Gasteiger partial charge < -0.3 is 15.2 Å². The highest BCUT2D eigenvalue weighted by molar-refractivity contribution is 5.82. The molecule has 2 aromatic carbocycles. The van der Waals surface area contributed by atoms with Crippen molar-refractivity contribution in [2.45, 2.75) is 38.5 Å². The molecule has 0 aliphatic carbocycles. The Bertz CT molecular complexity index is 635. The number of carbonyl (C=O) groups is 1. The number of nitrogens with one attached hydrogen (secondary N) is 1. The van der Waals surface area contributed by atoms with Gasteiger partial charge in [0.25, 0.3) is 5.91 Å². The van der Waals surface area contributed by atoms with Crippen LogP contribution in [0.15, 0.2) is 60.7 Å². The standard InChI is InChI=1S/C20H25NO3/c1-20(2,3)24-18(16-12-8-5-9-13-16)19(23)21-17(14-22)15-10-6-4-7-11-15/h4-13,17-18,22H,14H2,1-3H3,(H,21,23)/t17-,18?/m1/s1. The Kier molecular flexibility index (Phi) is 6.12. The summed E-state index contributed by atoms with van der Waals surface area (Å²) < 4.78 is 5.97. The molecule has 2 aromatic rings. The zero-order valence-corrected chi connectivity index (χ0v) is 14.4. The summed E-state index contributed by atoms with van der Waals surface area (Å²) in [5.74, 6) is -0.265. The molecular formula is C20H25NO3. The van der Waals surface area contributed by atoms with Crippen LogP contribution in [0.5, 0.6) is 0 Å². The topological polar surface area (TPSA) is 58.6 Å². The van der Waals surface area contributed by atoms with E-state index in [2.05, 4.69) is 5.32 Å². The molecule has 4 nitrogen and oxygen atoms in total. The molecule has 1 amide bonds. The lowest BCUT2D eigenvalue weighted by Crippen LogP contribution is -2.38. The van der Waals surface area contributed by atoms with Crippen LogP contribution in [-0.2, 0) is 9.53 Å². The van der Waals surface area contributed by atoms with Crippen LogP contribution in [0.3, 0.4) is 0 Å². The van der Waals surface area contributed by atoms with Gasteiger partial charge >= 0.3 is 0 Å². The molecule has 0 fully saturated rings. The average molecular weight is 327 g/mol. The van der Waals surface area contributed by atoms with Crippen molar-refractivity contribution in [3.63, 3.8) is 0 Å². The van der Waals surface area contributed by atoms with Crippen LogP contribution in [-0.4, -0.2) is 23.2 Å². The van der Waals surface area contributed by atoms with E-state index in [1.54, 1.807) is 0 Å². The number of amides is 1. The zero-order valence-electron chi connectivity index (χ0n) is 14.4. The Morgan fingerprint density at radius 2 is 1.50 bits per heavy atom. The van der Waals surface area contributed by atoms with E-state index < -0.39 is 17.7 Å². The Labute approximate surface area is 143 Å². The Morgan fingerprint density at radius 3 is 1.96 bits per heavy atom. The number of aliphatic hydroxyl groups excluding tert-OH is 1. The number of aliphatic hydroxyl groups is 1. The monoisotopic (exact) mass is 327 g/mol. The molecule has 0 saturated heterocycles. The SMILES string of the molecule is CC(C)(C)OC(C(=O)N[C@H](CO)c1ccccc1)c1ccccc1. The molecule has 4 heteroatoms. The molecular weight excluding hydrogens is 302 g/mol. The van der Waals surface area contributed by atoms with E-state index in [0.717, 1.165) is 11.1 Å². The fourth-order valence-corrected chi connectivity index (χ4v) is 2.42. The van der Waals surface area contributed by atoms with E-state index in [9.17, 15) is 9.90 Å². The van der Waals surface area contributed by atoms with Crippen molar-refractivity contribution in [1.82, 2.24) is 5.32 Å². The molecule has 0 spiro atoms. The van der Waals surface area contributed by atoms with E-state index >= 15 is 0 Å². The van der Waals surface area contributed by atoms with Crippen molar-refractivity contribution in [3.8, 4) is 0 Å². The van der Waals surface area contributed by atoms with E-state index in [1.807, 2.05) is 81.4 Å². The van der Waals surface area contributed by atoms with Gasteiger partial charge in [0, 0.05) is 0 Å². The lowest BCUT2D eigenvalue weighted by Gasteiger charge is -2.28. The molecule has 128 valence electrons. The highest BCUT2D eigenvalue weighted by Gasteiger charge is 2.28. The maximum Gasteiger partial charge on any atom is 0.254 e. The molecule has 0 bridgehead atoms. The van der Waals surface area contributed by atoms with Crippen LogP contribution < -0.4 is 5.32 Å².